The van der Waals surface area contributed by atoms with E-state index < -0.39 is 11.6 Å². The van der Waals surface area contributed by atoms with Gasteiger partial charge < -0.3 is 11.1 Å². The minimum Gasteiger partial charge on any atom is -0.389 e. The number of nitrogens with two attached hydrogens (primary N) is 1. The molecule has 2 rings (SSSR count). The normalized spacial score (nSPS) is 10.2. The summed E-state index contributed by atoms with van der Waals surface area (Å²) in [6.07, 6.45) is 0.108. The molecule has 108 valence electrons. The van der Waals surface area contributed by atoms with Gasteiger partial charge in [-0.15, -0.1) is 0 Å². The summed E-state index contributed by atoms with van der Waals surface area (Å²) in [5.74, 6) is -2.29. The number of thiocarbonyl (C=S) groups is 1. The number of hydrogen-bond donors (Lipinski definition) is 2. The van der Waals surface area contributed by atoms with Crippen molar-refractivity contribution >= 4 is 28.8 Å². The number of halogens is 2. The molecule has 0 aliphatic heterocycles. The molecule has 1 amide bonds. The van der Waals surface area contributed by atoms with Crippen LogP contribution in [-0.2, 0) is 11.2 Å². The Hall–Kier alpha value is -2.34. The maximum absolute atomic E-state index is 13.0. The van der Waals surface area contributed by atoms with Crippen LogP contribution in [0.3, 0.4) is 0 Å². The van der Waals surface area contributed by atoms with Gasteiger partial charge in [0.25, 0.3) is 0 Å². The molecule has 2 aromatic rings. The first kappa shape index (κ1) is 15.1. The van der Waals surface area contributed by atoms with Gasteiger partial charge in [-0.05, 0) is 17.7 Å². The van der Waals surface area contributed by atoms with Gasteiger partial charge >= 0.3 is 0 Å². The lowest BCUT2D eigenvalue weighted by Crippen LogP contribution is -2.15. The molecule has 0 bridgehead atoms. The molecule has 0 aliphatic rings. The second-order valence-corrected chi connectivity index (χ2v) is 4.85. The third-order valence-corrected chi connectivity index (χ3v) is 3.04. The monoisotopic (exact) mass is 306 g/mol. The quantitative estimate of drug-likeness (QED) is 0.854. The molecule has 0 aromatic heterocycles. The van der Waals surface area contributed by atoms with E-state index in [1.54, 1.807) is 24.3 Å². The van der Waals surface area contributed by atoms with Crippen LogP contribution < -0.4 is 11.1 Å². The molecular weight excluding hydrogens is 294 g/mol. The summed E-state index contributed by atoms with van der Waals surface area (Å²) in [7, 11) is 0. The van der Waals surface area contributed by atoms with E-state index in [-0.39, 0.29) is 23.0 Å². The van der Waals surface area contributed by atoms with Crippen molar-refractivity contribution in [3.63, 3.8) is 0 Å². The molecule has 0 unspecified atom stereocenters. The van der Waals surface area contributed by atoms with Crippen LogP contribution in [0.5, 0.6) is 0 Å². The highest BCUT2D eigenvalue weighted by molar-refractivity contribution is 7.80. The number of carbonyl (C=O) groups excluding carboxylic acids is 1. The Bertz CT molecular complexity index is 687. The molecule has 2 aromatic carbocycles. The lowest BCUT2D eigenvalue weighted by molar-refractivity contribution is -0.115. The number of anilines is 1. The Morgan fingerprint density at radius 2 is 1.76 bits per heavy atom. The average molecular weight is 306 g/mol. The van der Waals surface area contributed by atoms with Crippen LogP contribution in [0.4, 0.5) is 14.5 Å². The van der Waals surface area contributed by atoms with E-state index in [0.29, 0.717) is 0 Å². The van der Waals surface area contributed by atoms with Gasteiger partial charge in [-0.3, -0.25) is 4.79 Å². The number of nitrogens with one attached hydrogen (secondary N) is 1. The fourth-order valence-electron chi connectivity index (χ4n) is 1.75. The summed E-state index contributed by atoms with van der Waals surface area (Å²) in [6.45, 7) is 0. The SMILES string of the molecule is NC(=S)c1ccc(CC(=O)Nc2ccc(F)c(F)c2)cc1. The van der Waals surface area contributed by atoms with Crippen molar-refractivity contribution in [2.75, 3.05) is 5.32 Å². The van der Waals surface area contributed by atoms with Crippen molar-refractivity contribution in [2.24, 2.45) is 5.73 Å². The summed E-state index contributed by atoms with van der Waals surface area (Å²) in [5.41, 5.74) is 7.16. The molecular formula is C15H12F2N2OS. The van der Waals surface area contributed by atoms with E-state index in [1.165, 1.54) is 6.07 Å². The lowest BCUT2D eigenvalue weighted by Gasteiger charge is -2.06. The number of hydrogen-bond acceptors (Lipinski definition) is 2. The molecule has 3 nitrogen and oxygen atoms in total. The van der Waals surface area contributed by atoms with Crippen LogP contribution in [0.25, 0.3) is 0 Å². The number of benzene rings is 2. The molecule has 0 atom stereocenters. The zero-order chi connectivity index (χ0) is 15.4. The van der Waals surface area contributed by atoms with Crippen LogP contribution in [-0.4, -0.2) is 10.9 Å². The summed E-state index contributed by atoms with van der Waals surface area (Å²) in [5, 5.41) is 2.50. The van der Waals surface area contributed by atoms with Crippen LogP contribution in [0.1, 0.15) is 11.1 Å². The van der Waals surface area contributed by atoms with Crippen molar-refractivity contribution in [2.45, 2.75) is 6.42 Å². The molecule has 0 heterocycles. The second-order valence-electron chi connectivity index (χ2n) is 4.42. The van der Waals surface area contributed by atoms with Crippen LogP contribution in [0.15, 0.2) is 42.5 Å². The predicted molar refractivity (Wildman–Crippen MR) is 81.0 cm³/mol. The molecule has 6 heteroatoms. The summed E-state index contributed by atoms with van der Waals surface area (Å²) < 4.78 is 25.8. The molecule has 21 heavy (non-hydrogen) atoms. The Morgan fingerprint density at radius 3 is 2.33 bits per heavy atom. The highest BCUT2D eigenvalue weighted by Gasteiger charge is 2.07. The van der Waals surface area contributed by atoms with Crippen molar-refractivity contribution in [3.05, 3.63) is 65.2 Å². The highest BCUT2D eigenvalue weighted by Crippen LogP contribution is 2.14. The van der Waals surface area contributed by atoms with Crippen molar-refractivity contribution in [1.29, 1.82) is 0 Å². The van der Waals surface area contributed by atoms with Gasteiger partial charge in [0, 0.05) is 17.3 Å². The zero-order valence-corrected chi connectivity index (χ0v) is 11.7. The Balaban J connectivity index is 2.01. The molecule has 0 aliphatic carbocycles. The maximum atomic E-state index is 13.0. The van der Waals surface area contributed by atoms with Gasteiger partial charge in [-0.25, -0.2) is 8.78 Å². The van der Waals surface area contributed by atoms with Gasteiger partial charge in [0.15, 0.2) is 11.6 Å². The fraction of sp³-hybridized carbons (Fsp3) is 0.0667. The minimum absolute atomic E-state index is 0.108. The average Bonchev–Trinajstić information content (AvgIpc) is 2.43. The number of carbonyl (C=O) groups is 1. The van der Waals surface area contributed by atoms with Crippen molar-refractivity contribution in [1.82, 2.24) is 0 Å². The van der Waals surface area contributed by atoms with Crippen LogP contribution >= 0.6 is 12.2 Å². The molecule has 0 fully saturated rings. The smallest absolute Gasteiger partial charge is 0.228 e. The van der Waals surface area contributed by atoms with E-state index in [0.717, 1.165) is 23.3 Å². The van der Waals surface area contributed by atoms with Gasteiger partial charge in [0.1, 0.15) is 4.99 Å². The highest BCUT2D eigenvalue weighted by atomic mass is 32.1. The largest absolute Gasteiger partial charge is 0.389 e. The Kier molecular flexibility index (Phi) is 4.59. The van der Waals surface area contributed by atoms with Gasteiger partial charge in [0.05, 0.1) is 6.42 Å². The second kappa shape index (κ2) is 6.41. The molecule has 0 saturated heterocycles. The van der Waals surface area contributed by atoms with Crippen molar-refractivity contribution < 1.29 is 13.6 Å². The third-order valence-electron chi connectivity index (χ3n) is 2.81. The third kappa shape index (κ3) is 4.06. The van der Waals surface area contributed by atoms with E-state index in [2.05, 4.69) is 5.32 Å². The molecule has 0 saturated carbocycles. The summed E-state index contributed by atoms with van der Waals surface area (Å²) in [4.78, 5) is 12.1. The van der Waals surface area contributed by atoms with Gasteiger partial charge in [0.2, 0.25) is 5.91 Å². The zero-order valence-electron chi connectivity index (χ0n) is 10.9. The molecule has 0 radical (unpaired) electrons. The van der Waals surface area contributed by atoms with E-state index in [4.69, 9.17) is 18.0 Å². The van der Waals surface area contributed by atoms with Gasteiger partial charge in [-0.2, -0.15) is 0 Å². The maximum Gasteiger partial charge on any atom is 0.228 e. The van der Waals surface area contributed by atoms with Crippen molar-refractivity contribution in [3.8, 4) is 0 Å². The number of rotatable bonds is 4. The summed E-state index contributed by atoms with van der Waals surface area (Å²) >= 11 is 4.83. The Morgan fingerprint density at radius 1 is 1.10 bits per heavy atom. The standard InChI is InChI=1S/C15H12F2N2OS/c16-12-6-5-11(8-13(12)17)19-14(20)7-9-1-3-10(4-2-9)15(18)21/h1-6,8H,7H2,(H2,18,21)(H,19,20). The number of amides is 1. The topological polar surface area (TPSA) is 55.1 Å². The minimum atomic E-state index is -1.01. The molecule has 3 N–H and O–H groups in total. The van der Waals surface area contributed by atoms with E-state index >= 15 is 0 Å². The lowest BCUT2D eigenvalue weighted by atomic mass is 10.1. The molecule has 0 spiro atoms. The van der Waals surface area contributed by atoms with E-state index in [1.807, 2.05) is 0 Å². The van der Waals surface area contributed by atoms with E-state index in [9.17, 15) is 13.6 Å². The van der Waals surface area contributed by atoms with Crippen LogP contribution in [0, 0.1) is 11.6 Å². The first-order valence-electron chi connectivity index (χ1n) is 6.09. The first-order valence-corrected chi connectivity index (χ1v) is 6.50. The van der Waals surface area contributed by atoms with Gasteiger partial charge in [-0.1, -0.05) is 36.5 Å². The van der Waals surface area contributed by atoms with Crippen LogP contribution in [0.2, 0.25) is 0 Å². The Labute approximate surface area is 125 Å². The first-order chi connectivity index (χ1) is 9.95. The predicted octanol–water partition coefficient (Wildman–Crippen LogP) is 2.78. The fourth-order valence-corrected chi connectivity index (χ4v) is 1.89. The summed E-state index contributed by atoms with van der Waals surface area (Å²) in [6, 6.07) is 10.1.